The van der Waals surface area contributed by atoms with Gasteiger partial charge in [0.05, 0.1) is 17.4 Å². The molecule has 0 radical (unpaired) electrons. The van der Waals surface area contributed by atoms with Gasteiger partial charge in [0.2, 0.25) is 0 Å². The number of carboxylic acids is 1. The maximum atomic E-state index is 11.9. The number of fused-ring (bicyclic) bond motifs is 1. The van der Waals surface area contributed by atoms with Crippen molar-refractivity contribution in [3.8, 4) is 0 Å². The second-order valence-electron chi connectivity index (χ2n) is 5.17. The smallest absolute Gasteiger partial charge is 0.326 e. The van der Waals surface area contributed by atoms with Crippen LogP contribution < -0.4 is 10.6 Å². The van der Waals surface area contributed by atoms with Gasteiger partial charge in [0.1, 0.15) is 6.04 Å². The first-order chi connectivity index (χ1) is 10.1. The molecular formula is C15H15N3O3. The van der Waals surface area contributed by atoms with Crippen molar-refractivity contribution in [1.82, 2.24) is 10.3 Å². The number of nitrogens with zero attached hydrogens (tertiary/aromatic N) is 1. The number of anilines is 1. The standard InChI is InChI=1S/C15H15N3O3/c19-14(20)13(9-5-6-9)18-15(21)17-11-7-10-3-1-2-4-12(10)16-8-11/h1-4,7-9,13H,5-6H2,(H,19,20)(H2,17,18,21). The molecule has 1 atom stereocenters. The summed E-state index contributed by atoms with van der Waals surface area (Å²) in [6, 6.07) is 8.02. The number of carboxylic acid groups (broad SMARTS) is 1. The Morgan fingerprint density at radius 2 is 2.05 bits per heavy atom. The molecule has 6 nitrogen and oxygen atoms in total. The van der Waals surface area contributed by atoms with Gasteiger partial charge in [-0.05, 0) is 30.9 Å². The average Bonchev–Trinajstić information content (AvgIpc) is 3.29. The SMILES string of the molecule is O=C(Nc1cnc2ccccc2c1)NC(C(=O)O)C1CC1. The molecule has 1 heterocycles. The van der Waals surface area contributed by atoms with Gasteiger partial charge >= 0.3 is 12.0 Å². The predicted octanol–water partition coefficient (Wildman–Crippen LogP) is 2.22. The minimum absolute atomic E-state index is 0.0444. The van der Waals surface area contributed by atoms with Gasteiger partial charge in [-0.2, -0.15) is 0 Å². The summed E-state index contributed by atoms with van der Waals surface area (Å²) >= 11 is 0. The van der Waals surface area contributed by atoms with Crippen molar-refractivity contribution in [3.05, 3.63) is 36.5 Å². The fourth-order valence-corrected chi connectivity index (χ4v) is 2.26. The highest BCUT2D eigenvalue weighted by Crippen LogP contribution is 2.32. The average molecular weight is 285 g/mol. The van der Waals surface area contributed by atoms with E-state index in [1.54, 1.807) is 12.3 Å². The molecule has 2 amide bonds. The largest absolute Gasteiger partial charge is 0.480 e. The van der Waals surface area contributed by atoms with Crippen LogP contribution in [0.5, 0.6) is 0 Å². The Kier molecular flexibility index (Phi) is 3.43. The second kappa shape index (κ2) is 5.40. The van der Waals surface area contributed by atoms with Crippen LogP contribution in [-0.2, 0) is 4.79 Å². The number of rotatable bonds is 4. The first-order valence-electron chi connectivity index (χ1n) is 6.78. The molecule has 21 heavy (non-hydrogen) atoms. The molecule has 1 aliphatic rings. The minimum Gasteiger partial charge on any atom is -0.480 e. The van der Waals surface area contributed by atoms with Gasteiger partial charge in [-0.3, -0.25) is 4.98 Å². The third-order valence-electron chi connectivity index (χ3n) is 3.49. The summed E-state index contributed by atoms with van der Waals surface area (Å²) < 4.78 is 0. The van der Waals surface area contributed by atoms with E-state index >= 15 is 0 Å². The number of aromatic nitrogens is 1. The van der Waals surface area contributed by atoms with Gasteiger partial charge in [-0.15, -0.1) is 0 Å². The highest BCUT2D eigenvalue weighted by atomic mass is 16.4. The van der Waals surface area contributed by atoms with E-state index in [-0.39, 0.29) is 5.92 Å². The molecule has 0 aliphatic heterocycles. The van der Waals surface area contributed by atoms with E-state index in [4.69, 9.17) is 5.11 Å². The number of carbonyl (C=O) groups is 2. The molecule has 0 bridgehead atoms. The van der Waals surface area contributed by atoms with Crippen LogP contribution in [0.15, 0.2) is 36.5 Å². The van der Waals surface area contributed by atoms with Crippen LogP contribution in [0.1, 0.15) is 12.8 Å². The molecule has 3 rings (SSSR count). The van der Waals surface area contributed by atoms with Crippen LogP contribution in [0.3, 0.4) is 0 Å². The fraction of sp³-hybridized carbons (Fsp3) is 0.267. The summed E-state index contributed by atoms with van der Waals surface area (Å²) in [7, 11) is 0. The molecule has 1 aliphatic carbocycles. The molecule has 1 aromatic heterocycles. The normalized spacial score (nSPS) is 15.4. The van der Waals surface area contributed by atoms with Crippen LogP contribution in [0.25, 0.3) is 10.9 Å². The lowest BCUT2D eigenvalue weighted by molar-refractivity contribution is -0.139. The number of para-hydroxylation sites is 1. The van der Waals surface area contributed by atoms with E-state index in [9.17, 15) is 9.59 Å². The summed E-state index contributed by atoms with van der Waals surface area (Å²) in [5, 5.41) is 15.1. The Balaban J connectivity index is 1.69. The Labute approximate surface area is 121 Å². The Hall–Kier alpha value is -2.63. The summed E-state index contributed by atoms with van der Waals surface area (Å²) in [6.45, 7) is 0. The van der Waals surface area contributed by atoms with E-state index in [0.717, 1.165) is 23.7 Å². The second-order valence-corrected chi connectivity index (χ2v) is 5.17. The van der Waals surface area contributed by atoms with E-state index < -0.39 is 18.0 Å². The molecule has 1 aromatic carbocycles. The highest BCUT2D eigenvalue weighted by molar-refractivity contribution is 5.94. The number of urea groups is 1. The number of nitrogens with one attached hydrogen (secondary N) is 2. The zero-order valence-corrected chi connectivity index (χ0v) is 11.2. The molecular weight excluding hydrogens is 270 g/mol. The summed E-state index contributed by atoms with van der Waals surface area (Å²) in [4.78, 5) is 27.2. The van der Waals surface area contributed by atoms with Gasteiger partial charge in [-0.25, -0.2) is 9.59 Å². The van der Waals surface area contributed by atoms with Crippen molar-refractivity contribution in [2.24, 2.45) is 5.92 Å². The Bertz CT molecular complexity index is 697. The molecule has 0 saturated heterocycles. The topological polar surface area (TPSA) is 91.3 Å². The van der Waals surface area contributed by atoms with Gasteiger partial charge in [0.15, 0.2) is 0 Å². The van der Waals surface area contributed by atoms with Gasteiger partial charge < -0.3 is 15.7 Å². The molecule has 1 fully saturated rings. The summed E-state index contributed by atoms with van der Waals surface area (Å²) in [6.07, 6.45) is 3.23. The van der Waals surface area contributed by atoms with Crippen LogP contribution in [0.4, 0.5) is 10.5 Å². The van der Waals surface area contributed by atoms with Crippen molar-refractivity contribution in [3.63, 3.8) is 0 Å². The fourth-order valence-electron chi connectivity index (χ4n) is 2.26. The number of hydrogen-bond acceptors (Lipinski definition) is 3. The third kappa shape index (κ3) is 3.10. The molecule has 6 heteroatoms. The highest BCUT2D eigenvalue weighted by Gasteiger charge is 2.37. The molecule has 1 saturated carbocycles. The van der Waals surface area contributed by atoms with Crippen molar-refractivity contribution < 1.29 is 14.7 Å². The first kappa shape index (κ1) is 13.4. The molecule has 1 unspecified atom stereocenters. The quantitative estimate of drug-likeness (QED) is 0.803. The van der Waals surface area contributed by atoms with Gasteiger partial charge in [0, 0.05) is 5.39 Å². The van der Waals surface area contributed by atoms with E-state index in [2.05, 4.69) is 15.6 Å². The molecule has 3 N–H and O–H groups in total. The Morgan fingerprint density at radius 1 is 1.29 bits per heavy atom. The van der Waals surface area contributed by atoms with Crippen LogP contribution in [0, 0.1) is 5.92 Å². The van der Waals surface area contributed by atoms with Crippen molar-refractivity contribution in [2.45, 2.75) is 18.9 Å². The summed E-state index contributed by atoms with van der Waals surface area (Å²) in [5.74, 6) is -0.952. The monoisotopic (exact) mass is 285 g/mol. The predicted molar refractivity (Wildman–Crippen MR) is 78.0 cm³/mol. The lowest BCUT2D eigenvalue weighted by Gasteiger charge is -2.14. The maximum absolute atomic E-state index is 11.9. The maximum Gasteiger partial charge on any atom is 0.326 e. The molecule has 108 valence electrons. The van der Waals surface area contributed by atoms with Crippen LogP contribution in [0.2, 0.25) is 0 Å². The number of aliphatic carboxylic acids is 1. The van der Waals surface area contributed by atoms with E-state index in [1.807, 2.05) is 24.3 Å². The molecule has 0 spiro atoms. The van der Waals surface area contributed by atoms with Crippen LogP contribution in [-0.4, -0.2) is 28.1 Å². The molecule has 2 aromatic rings. The van der Waals surface area contributed by atoms with E-state index in [0.29, 0.717) is 5.69 Å². The summed E-state index contributed by atoms with van der Waals surface area (Å²) in [5.41, 5.74) is 1.37. The lowest BCUT2D eigenvalue weighted by Crippen LogP contribution is -2.44. The minimum atomic E-state index is -0.996. The number of pyridine rings is 1. The lowest BCUT2D eigenvalue weighted by atomic mass is 10.2. The van der Waals surface area contributed by atoms with Gasteiger partial charge in [-0.1, -0.05) is 18.2 Å². The van der Waals surface area contributed by atoms with Crippen LogP contribution >= 0.6 is 0 Å². The number of benzene rings is 1. The number of amides is 2. The van der Waals surface area contributed by atoms with Crippen molar-refractivity contribution in [1.29, 1.82) is 0 Å². The number of hydrogen-bond donors (Lipinski definition) is 3. The third-order valence-corrected chi connectivity index (χ3v) is 3.49. The zero-order valence-electron chi connectivity index (χ0n) is 11.2. The van der Waals surface area contributed by atoms with Crippen molar-refractivity contribution in [2.75, 3.05) is 5.32 Å². The van der Waals surface area contributed by atoms with Crippen molar-refractivity contribution >= 4 is 28.6 Å². The van der Waals surface area contributed by atoms with E-state index in [1.165, 1.54) is 0 Å². The Morgan fingerprint density at radius 3 is 2.76 bits per heavy atom. The first-order valence-corrected chi connectivity index (χ1v) is 6.78. The van der Waals surface area contributed by atoms with Gasteiger partial charge in [0.25, 0.3) is 0 Å². The number of carbonyl (C=O) groups excluding carboxylic acids is 1. The zero-order chi connectivity index (χ0) is 14.8.